The van der Waals surface area contributed by atoms with Gasteiger partial charge in [-0.2, -0.15) is 0 Å². The number of carbonyl (C=O) groups excluding carboxylic acids is 1. The molecule has 0 fully saturated rings. The molecule has 1 amide bonds. The maximum atomic E-state index is 11.6. The van der Waals surface area contributed by atoms with Gasteiger partial charge in [-0.3, -0.25) is 14.9 Å². The minimum atomic E-state index is -0.521. The number of terminal acetylenes is 1. The van der Waals surface area contributed by atoms with Gasteiger partial charge in [0, 0.05) is 25.7 Å². The molecule has 0 aliphatic heterocycles. The fraction of sp³-hybridized carbons (Fsp3) is 0.250. The quantitative estimate of drug-likeness (QED) is 0.489. The summed E-state index contributed by atoms with van der Waals surface area (Å²) in [4.78, 5) is 23.6. The summed E-state index contributed by atoms with van der Waals surface area (Å²) in [5.74, 6) is 1.83. The van der Waals surface area contributed by atoms with Crippen molar-refractivity contribution >= 4 is 17.3 Å². The molecule has 1 rings (SSSR count). The topological polar surface area (TPSA) is 75.5 Å². The Hall–Kier alpha value is -2.55. The Bertz CT molecular complexity index is 518. The summed E-state index contributed by atoms with van der Waals surface area (Å²) in [6.07, 6.45) is 5.02. The lowest BCUT2D eigenvalue weighted by molar-refractivity contribution is -0.384. The molecule has 6 heteroatoms. The van der Waals surface area contributed by atoms with E-state index < -0.39 is 10.8 Å². The second kappa shape index (κ2) is 5.68. The highest BCUT2D eigenvalue weighted by atomic mass is 16.6. The third-order valence-electron chi connectivity index (χ3n) is 2.27. The van der Waals surface area contributed by atoms with Crippen LogP contribution < -0.4 is 10.2 Å². The number of hydrogen-bond donors (Lipinski definition) is 1. The van der Waals surface area contributed by atoms with Crippen molar-refractivity contribution in [2.75, 3.05) is 25.5 Å². The van der Waals surface area contributed by atoms with E-state index in [1.807, 2.05) is 0 Å². The van der Waals surface area contributed by atoms with E-state index in [-0.39, 0.29) is 17.8 Å². The summed E-state index contributed by atoms with van der Waals surface area (Å²) < 4.78 is 0. The summed E-state index contributed by atoms with van der Waals surface area (Å²) in [5, 5.41) is 13.4. The highest BCUT2D eigenvalue weighted by molar-refractivity contribution is 5.95. The number of anilines is 1. The first kappa shape index (κ1) is 13.5. The van der Waals surface area contributed by atoms with Gasteiger partial charge in [0.1, 0.15) is 5.69 Å². The number of rotatable bonds is 4. The van der Waals surface area contributed by atoms with Gasteiger partial charge in [-0.05, 0) is 12.1 Å². The van der Waals surface area contributed by atoms with Gasteiger partial charge in [-0.1, -0.05) is 5.92 Å². The molecule has 1 N–H and O–H groups in total. The van der Waals surface area contributed by atoms with E-state index >= 15 is 0 Å². The molecule has 0 saturated carbocycles. The number of nitro groups is 1. The first-order valence-corrected chi connectivity index (χ1v) is 5.14. The van der Waals surface area contributed by atoms with E-state index in [1.165, 1.54) is 18.2 Å². The normalized spacial score (nSPS) is 9.39. The lowest BCUT2D eigenvalue weighted by Crippen LogP contribution is -2.23. The Labute approximate surface area is 105 Å². The molecule has 0 saturated heterocycles. The molecule has 1 aromatic rings. The fourth-order valence-corrected chi connectivity index (χ4v) is 1.42. The lowest BCUT2D eigenvalue weighted by atomic mass is 10.1. The summed E-state index contributed by atoms with van der Waals surface area (Å²) in [5.41, 5.74) is 0.532. The van der Waals surface area contributed by atoms with Gasteiger partial charge >= 0.3 is 0 Å². The zero-order chi connectivity index (χ0) is 13.7. The molecule has 1 aromatic carbocycles. The molecule has 0 aliphatic carbocycles. The smallest absolute Gasteiger partial charge is 0.293 e. The second-order valence-electron chi connectivity index (χ2n) is 3.74. The van der Waals surface area contributed by atoms with Crippen LogP contribution in [0, 0.1) is 22.5 Å². The maximum Gasteiger partial charge on any atom is 0.293 e. The Kier molecular flexibility index (Phi) is 4.27. The van der Waals surface area contributed by atoms with Crippen molar-refractivity contribution in [1.82, 2.24) is 5.32 Å². The SMILES string of the molecule is C#CCNC(=O)c1ccc(N(C)C)c([N+](=O)[O-])c1. The maximum absolute atomic E-state index is 11.6. The number of hydrogen-bond acceptors (Lipinski definition) is 4. The fourth-order valence-electron chi connectivity index (χ4n) is 1.42. The van der Waals surface area contributed by atoms with Gasteiger partial charge in [0.15, 0.2) is 0 Å². The average molecular weight is 247 g/mol. The predicted molar refractivity (Wildman–Crippen MR) is 68.6 cm³/mol. The molecular formula is C12H13N3O3. The monoisotopic (exact) mass is 247 g/mol. The molecule has 0 aromatic heterocycles. The van der Waals surface area contributed by atoms with Crippen molar-refractivity contribution in [3.8, 4) is 12.3 Å². The minimum Gasteiger partial charge on any atom is -0.372 e. The van der Waals surface area contributed by atoms with Gasteiger partial charge in [-0.15, -0.1) is 6.42 Å². The minimum absolute atomic E-state index is 0.0854. The van der Waals surface area contributed by atoms with E-state index in [0.717, 1.165) is 0 Å². The van der Waals surface area contributed by atoms with E-state index in [1.54, 1.807) is 19.0 Å². The van der Waals surface area contributed by atoms with Crippen LogP contribution in [0.1, 0.15) is 10.4 Å². The van der Waals surface area contributed by atoms with Crippen LogP contribution in [0.2, 0.25) is 0 Å². The van der Waals surface area contributed by atoms with Crippen molar-refractivity contribution in [3.63, 3.8) is 0 Å². The predicted octanol–water partition coefficient (Wildman–Crippen LogP) is 1.02. The van der Waals surface area contributed by atoms with Crippen molar-refractivity contribution in [1.29, 1.82) is 0 Å². The van der Waals surface area contributed by atoms with Crippen LogP contribution in [0.3, 0.4) is 0 Å². The number of amides is 1. The van der Waals surface area contributed by atoms with Gasteiger partial charge in [0.05, 0.1) is 11.5 Å². The van der Waals surface area contributed by atoms with Crippen molar-refractivity contribution in [3.05, 3.63) is 33.9 Å². The average Bonchev–Trinajstić information content (AvgIpc) is 2.34. The third kappa shape index (κ3) is 2.98. The highest BCUT2D eigenvalue weighted by Crippen LogP contribution is 2.27. The lowest BCUT2D eigenvalue weighted by Gasteiger charge is -2.13. The Morgan fingerprint density at radius 1 is 1.56 bits per heavy atom. The molecule has 0 bridgehead atoms. The molecule has 94 valence electrons. The third-order valence-corrected chi connectivity index (χ3v) is 2.27. The summed E-state index contributed by atoms with van der Waals surface area (Å²) in [6.45, 7) is 0.0854. The van der Waals surface area contributed by atoms with Crippen molar-refractivity contribution < 1.29 is 9.72 Å². The number of nitrogens with one attached hydrogen (secondary N) is 1. The Balaban J connectivity index is 3.12. The van der Waals surface area contributed by atoms with Crippen LogP contribution in [0.5, 0.6) is 0 Å². The molecular weight excluding hydrogens is 234 g/mol. The number of benzene rings is 1. The standard InChI is InChI=1S/C12H13N3O3/c1-4-7-13-12(16)9-5-6-10(14(2)3)11(8-9)15(17)18/h1,5-6,8H,7H2,2-3H3,(H,13,16). The second-order valence-corrected chi connectivity index (χ2v) is 3.74. The molecule has 0 aliphatic rings. The van der Waals surface area contributed by atoms with Crippen LogP contribution in [0.15, 0.2) is 18.2 Å². The largest absolute Gasteiger partial charge is 0.372 e. The van der Waals surface area contributed by atoms with Crippen molar-refractivity contribution in [2.24, 2.45) is 0 Å². The van der Waals surface area contributed by atoms with Crippen molar-refractivity contribution in [2.45, 2.75) is 0 Å². The molecule has 0 unspecified atom stereocenters. The van der Waals surface area contributed by atoms with Crippen LogP contribution in [0.25, 0.3) is 0 Å². The molecule has 0 radical (unpaired) electrons. The van der Waals surface area contributed by atoms with E-state index in [4.69, 9.17) is 6.42 Å². The first-order chi connectivity index (χ1) is 8.47. The van der Waals surface area contributed by atoms with E-state index in [9.17, 15) is 14.9 Å². The summed E-state index contributed by atoms with van der Waals surface area (Å²) >= 11 is 0. The zero-order valence-electron chi connectivity index (χ0n) is 10.1. The van der Waals surface area contributed by atoms with Gasteiger partial charge in [0.25, 0.3) is 11.6 Å². The number of nitro benzene ring substituents is 1. The van der Waals surface area contributed by atoms with Gasteiger partial charge < -0.3 is 10.2 Å². The van der Waals surface area contributed by atoms with E-state index in [2.05, 4.69) is 11.2 Å². The van der Waals surface area contributed by atoms with Gasteiger partial charge in [0.2, 0.25) is 0 Å². The Morgan fingerprint density at radius 3 is 2.72 bits per heavy atom. The Morgan fingerprint density at radius 2 is 2.22 bits per heavy atom. The van der Waals surface area contributed by atoms with Crippen LogP contribution >= 0.6 is 0 Å². The zero-order valence-corrected chi connectivity index (χ0v) is 10.1. The molecule has 18 heavy (non-hydrogen) atoms. The molecule has 0 heterocycles. The first-order valence-electron chi connectivity index (χ1n) is 5.14. The molecule has 0 atom stereocenters. The van der Waals surface area contributed by atoms with Crippen LogP contribution in [0.4, 0.5) is 11.4 Å². The van der Waals surface area contributed by atoms with E-state index in [0.29, 0.717) is 5.69 Å². The summed E-state index contributed by atoms with van der Waals surface area (Å²) in [6, 6.07) is 4.29. The molecule has 6 nitrogen and oxygen atoms in total. The number of carbonyl (C=O) groups is 1. The van der Waals surface area contributed by atoms with Gasteiger partial charge in [-0.25, -0.2) is 0 Å². The van der Waals surface area contributed by atoms with Crippen LogP contribution in [-0.2, 0) is 0 Å². The number of nitrogens with zero attached hydrogens (tertiary/aromatic N) is 2. The van der Waals surface area contributed by atoms with Crippen LogP contribution in [-0.4, -0.2) is 31.5 Å². The highest BCUT2D eigenvalue weighted by Gasteiger charge is 2.18. The molecule has 0 spiro atoms. The summed E-state index contributed by atoms with van der Waals surface area (Å²) in [7, 11) is 3.39.